The Hall–Kier alpha value is 1.35. The normalized spacial score (nSPS) is 8.80. The van der Waals surface area contributed by atoms with E-state index in [0.29, 0.717) is 0 Å². The standard InChI is InChI=1S/C5H5.4ClH.Ti/c1-2-4-5-3-1;;;;;/h1-3H,4H2;4*1H;/q-1;;;;;. The molecule has 0 aromatic carbocycles. The van der Waals surface area contributed by atoms with Crippen LogP contribution < -0.4 is 0 Å². The van der Waals surface area contributed by atoms with Gasteiger partial charge in [0.2, 0.25) is 0 Å². The van der Waals surface area contributed by atoms with Crippen molar-refractivity contribution in [3.05, 3.63) is 24.3 Å². The molecule has 5 heteroatoms. The summed E-state index contributed by atoms with van der Waals surface area (Å²) >= 11 is 0. The summed E-state index contributed by atoms with van der Waals surface area (Å²) in [7, 11) is 0. The summed E-state index contributed by atoms with van der Waals surface area (Å²) in [5.74, 6) is 0. The first-order valence-corrected chi connectivity index (χ1v) is 1.72. The molecule has 62 valence electrons. The van der Waals surface area contributed by atoms with E-state index >= 15 is 0 Å². The molecule has 0 spiro atoms. The summed E-state index contributed by atoms with van der Waals surface area (Å²) in [6.07, 6.45) is 10.0. The van der Waals surface area contributed by atoms with Gasteiger partial charge in [0.1, 0.15) is 0 Å². The third kappa shape index (κ3) is 16.2. The van der Waals surface area contributed by atoms with Crippen LogP contribution in [0.3, 0.4) is 0 Å². The number of halogens is 4. The predicted molar refractivity (Wildman–Crippen MR) is 50.6 cm³/mol. The molecule has 10 heavy (non-hydrogen) atoms. The zero-order valence-electron chi connectivity index (χ0n) is 5.07. The average molecular weight is 259 g/mol. The van der Waals surface area contributed by atoms with Crippen molar-refractivity contribution in [2.24, 2.45) is 0 Å². The summed E-state index contributed by atoms with van der Waals surface area (Å²) in [6.45, 7) is 0. The van der Waals surface area contributed by atoms with Crippen LogP contribution in [0, 0.1) is 6.08 Å². The fraction of sp³-hybridized carbons (Fsp3) is 0.200. The second kappa shape index (κ2) is 22.4. The Bertz CT molecular complexity index is 71.7. The van der Waals surface area contributed by atoms with Gasteiger partial charge in [0.15, 0.2) is 0 Å². The molecule has 1 rings (SSSR count). The summed E-state index contributed by atoms with van der Waals surface area (Å²) in [4.78, 5) is 0. The molecule has 0 aromatic rings. The molecular formula is C5H9Cl4Ti-. The van der Waals surface area contributed by atoms with E-state index in [2.05, 4.69) is 12.2 Å². The number of rotatable bonds is 0. The number of hydrogen-bond donors (Lipinski definition) is 0. The zero-order valence-corrected chi connectivity index (χ0v) is 9.90. The van der Waals surface area contributed by atoms with E-state index in [1.54, 1.807) is 0 Å². The van der Waals surface area contributed by atoms with Crippen LogP contribution in [0.2, 0.25) is 0 Å². The van der Waals surface area contributed by atoms with Crippen LogP contribution in [0.1, 0.15) is 6.42 Å². The second-order valence-electron chi connectivity index (χ2n) is 1.00. The van der Waals surface area contributed by atoms with E-state index in [0.717, 1.165) is 6.42 Å². The van der Waals surface area contributed by atoms with Crippen molar-refractivity contribution in [3.8, 4) is 0 Å². The first kappa shape index (κ1) is 30.1. The Balaban J connectivity index is -0.0000000167. The quantitative estimate of drug-likeness (QED) is 0.463. The van der Waals surface area contributed by atoms with Gasteiger partial charge in [0, 0.05) is 21.7 Å². The summed E-state index contributed by atoms with van der Waals surface area (Å²) in [5, 5.41) is 0. The average Bonchev–Trinajstić information content (AvgIpc) is 1.76. The molecule has 1 aliphatic rings. The van der Waals surface area contributed by atoms with Gasteiger partial charge < -0.3 is 0 Å². The second-order valence-corrected chi connectivity index (χ2v) is 1.00. The fourth-order valence-corrected chi connectivity index (χ4v) is 0.340. The van der Waals surface area contributed by atoms with Gasteiger partial charge >= 0.3 is 0 Å². The largest absolute Gasteiger partial charge is 0.273 e. The Kier molecular flexibility index (Phi) is 67.7. The van der Waals surface area contributed by atoms with Crippen LogP contribution in [0.4, 0.5) is 0 Å². The van der Waals surface area contributed by atoms with Crippen LogP contribution in [-0.2, 0) is 21.7 Å². The van der Waals surface area contributed by atoms with Crippen LogP contribution in [0.15, 0.2) is 18.2 Å². The molecule has 0 N–H and O–H groups in total. The molecule has 0 aromatic heterocycles. The SMILES string of the molecule is Cl.Cl.Cl.Cl.[C-]1=CC=CC1.[Ti]. The topological polar surface area (TPSA) is 0 Å². The minimum absolute atomic E-state index is 0. The molecule has 0 radical (unpaired) electrons. The van der Waals surface area contributed by atoms with Crippen LogP contribution in [-0.4, -0.2) is 0 Å². The smallest absolute Gasteiger partial charge is 0 e. The molecule has 1 aliphatic carbocycles. The maximum atomic E-state index is 2.99. The van der Waals surface area contributed by atoms with E-state index < -0.39 is 0 Å². The van der Waals surface area contributed by atoms with Gasteiger partial charge in [-0.25, -0.2) is 12.2 Å². The zero-order chi connectivity index (χ0) is 3.54. The molecule has 0 atom stereocenters. The molecule has 0 bridgehead atoms. The van der Waals surface area contributed by atoms with E-state index in [-0.39, 0.29) is 71.3 Å². The van der Waals surface area contributed by atoms with Crippen molar-refractivity contribution in [3.63, 3.8) is 0 Å². The third-order valence-electron chi connectivity index (χ3n) is 0.586. The molecule has 0 saturated carbocycles. The molecule has 0 saturated heterocycles. The van der Waals surface area contributed by atoms with Crippen LogP contribution in [0.5, 0.6) is 0 Å². The van der Waals surface area contributed by atoms with E-state index in [4.69, 9.17) is 0 Å². The maximum Gasteiger partial charge on any atom is 0 e. The minimum Gasteiger partial charge on any atom is -0.273 e. The first-order valence-electron chi connectivity index (χ1n) is 1.72. The molecule has 0 unspecified atom stereocenters. The van der Waals surface area contributed by atoms with E-state index in [9.17, 15) is 0 Å². The van der Waals surface area contributed by atoms with Crippen molar-refractivity contribution < 1.29 is 21.7 Å². The van der Waals surface area contributed by atoms with Gasteiger partial charge in [-0.1, -0.05) is 0 Å². The van der Waals surface area contributed by atoms with Crippen molar-refractivity contribution in [1.82, 2.24) is 0 Å². The molecule has 0 heterocycles. The van der Waals surface area contributed by atoms with Gasteiger partial charge in [0.05, 0.1) is 0 Å². The van der Waals surface area contributed by atoms with Crippen molar-refractivity contribution in [2.45, 2.75) is 6.42 Å². The van der Waals surface area contributed by atoms with Gasteiger partial charge in [-0.05, 0) is 0 Å². The van der Waals surface area contributed by atoms with Crippen molar-refractivity contribution in [1.29, 1.82) is 0 Å². The molecule has 0 amide bonds. The van der Waals surface area contributed by atoms with Gasteiger partial charge in [-0.2, -0.15) is 6.08 Å². The van der Waals surface area contributed by atoms with Gasteiger partial charge in [-0.3, -0.25) is 6.08 Å². The van der Waals surface area contributed by atoms with Crippen LogP contribution >= 0.6 is 49.6 Å². The minimum atomic E-state index is 0. The first-order chi connectivity index (χ1) is 2.50. The molecule has 0 aliphatic heterocycles. The van der Waals surface area contributed by atoms with E-state index in [1.807, 2.05) is 12.2 Å². The van der Waals surface area contributed by atoms with Gasteiger partial charge in [-0.15, -0.1) is 56.0 Å². The monoisotopic (exact) mass is 257 g/mol. The van der Waals surface area contributed by atoms with Crippen LogP contribution in [0.25, 0.3) is 0 Å². The summed E-state index contributed by atoms with van der Waals surface area (Å²) < 4.78 is 0. The molecule has 0 fully saturated rings. The summed E-state index contributed by atoms with van der Waals surface area (Å²) in [6, 6.07) is 0. The Morgan fingerprint density at radius 3 is 1.60 bits per heavy atom. The molecular weight excluding hydrogens is 250 g/mol. The fourth-order valence-electron chi connectivity index (χ4n) is 0.340. The van der Waals surface area contributed by atoms with Gasteiger partial charge in [0.25, 0.3) is 0 Å². The van der Waals surface area contributed by atoms with Crippen molar-refractivity contribution in [2.75, 3.05) is 0 Å². The third-order valence-corrected chi connectivity index (χ3v) is 0.586. The Labute approximate surface area is 101 Å². The van der Waals surface area contributed by atoms with E-state index in [1.165, 1.54) is 0 Å². The Morgan fingerprint density at radius 2 is 1.50 bits per heavy atom. The number of allylic oxidation sites excluding steroid dienone is 4. The Morgan fingerprint density at radius 1 is 1.00 bits per heavy atom. The summed E-state index contributed by atoms with van der Waals surface area (Å²) in [5.41, 5.74) is 0. The predicted octanol–water partition coefficient (Wildman–Crippen LogP) is 2.99. The maximum absolute atomic E-state index is 2.99. The van der Waals surface area contributed by atoms with Crippen molar-refractivity contribution >= 4 is 49.6 Å². The molecule has 0 nitrogen and oxygen atoms in total. The number of hydrogen-bond acceptors (Lipinski definition) is 0.